The second-order valence-electron chi connectivity index (χ2n) is 11.0. The molecule has 214 valence electrons. The van der Waals surface area contributed by atoms with E-state index in [4.69, 9.17) is 23.2 Å². The third kappa shape index (κ3) is 3.82. The number of aromatic nitrogens is 2. The lowest BCUT2D eigenvalue weighted by molar-refractivity contribution is -0.396. The van der Waals surface area contributed by atoms with Gasteiger partial charge in [-0.05, 0) is 47.1 Å². The Hall–Kier alpha value is -3.54. The van der Waals surface area contributed by atoms with Crippen LogP contribution in [0, 0.1) is 15.9 Å². The summed E-state index contributed by atoms with van der Waals surface area (Å²) in [6.45, 7) is -0.0934. The van der Waals surface area contributed by atoms with E-state index in [0.717, 1.165) is 19.3 Å². The van der Waals surface area contributed by atoms with Gasteiger partial charge in [0.25, 0.3) is 0 Å². The highest BCUT2D eigenvalue weighted by atomic mass is 35.5. The first-order chi connectivity index (χ1) is 19.5. The molecule has 0 bridgehead atoms. The number of benzene rings is 2. The molecule has 10 nitrogen and oxygen atoms in total. The zero-order valence-electron chi connectivity index (χ0n) is 21.9. The van der Waals surface area contributed by atoms with E-state index < -0.39 is 45.5 Å². The van der Waals surface area contributed by atoms with Crippen LogP contribution in [0.3, 0.4) is 0 Å². The quantitative estimate of drug-likeness (QED) is 0.307. The maximum Gasteiger partial charge on any atom is 0.434 e. The Morgan fingerprint density at radius 2 is 1.98 bits per heavy atom. The standard InChI is InChI=1S/C28H26Cl2FN5O5/c1-34-16(13-32-26(34)36(40)41)14-35-20-12-15(29)8-9-18(20)28(25(35)39)21(17-6-5-7-19(30)22(17)31)23(24(37)38)33-27(28)10-3-2-4-11-27/h5-9,12-13,21,23,33H,2-4,10-11,14H2,1H3,(H,37,38)/t21-,23+,28+/m0/s1. The molecule has 1 amide bonds. The van der Waals surface area contributed by atoms with Crippen molar-refractivity contribution < 1.29 is 24.0 Å². The van der Waals surface area contributed by atoms with Gasteiger partial charge in [-0.2, -0.15) is 0 Å². The van der Waals surface area contributed by atoms with Crippen molar-refractivity contribution in [2.45, 2.75) is 61.6 Å². The first kappa shape index (κ1) is 27.6. The first-order valence-electron chi connectivity index (χ1n) is 13.2. The van der Waals surface area contributed by atoms with Crippen molar-refractivity contribution in [2.24, 2.45) is 7.05 Å². The van der Waals surface area contributed by atoms with Crippen molar-refractivity contribution in [2.75, 3.05) is 4.90 Å². The lowest BCUT2D eigenvalue weighted by atomic mass is 9.55. The summed E-state index contributed by atoms with van der Waals surface area (Å²) >= 11 is 12.6. The lowest BCUT2D eigenvalue weighted by Gasteiger charge is -2.47. The van der Waals surface area contributed by atoms with E-state index in [1.165, 1.54) is 34.8 Å². The normalized spacial score (nSPS) is 24.8. The molecular weight excluding hydrogens is 576 g/mol. The van der Waals surface area contributed by atoms with Crippen molar-refractivity contribution in [3.63, 3.8) is 0 Å². The SMILES string of the molecule is Cn1c(CN2C(=O)[C@@]3(c4ccc(Cl)cc42)[C@@H](c2cccc(Cl)c2F)[C@H](C(=O)O)NC32CCCCC2)cnc1[N+](=O)[O-]. The number of anilines is 1. The van der Waals surface area contributed by atoms with E-state index >= 15 is 9.18 Å². The summed E-state index contributed by atoms with van der Waals surface area (Å²) in [4.78, 5) is 44.2. The van der Waals surface area contributed by atoms with Gasteiger partial charge in [0.05, 0.1) is 24.3 Å². The molecule has 1 aromatic heterocycles. The average Bonchev–Trinajstić information content (AvgIpc) is 3.52. The van der Waals surface area contributed by atoms with E-state index in [9.17, 15) is 20.0 Å². The van der Waals surface area contributed by atoms with Crippen LogP contribution in [0.5, 0.6) is 0 Å². The van der Waals surface area contributed by atoms with E-state index in [-0.39, 0.29) is 23.1 Å². The van der Waals surface area contributed by atoms with Crippen molar-refractivity contribution in [3.8, 4) is 0 Å². The summed E-state index contributed by atoms with van der Waals surface area (Å²) in [6.07, 6.45) is 4.73. The number of nitrogens with zero attached hydrogens (tertiary/aromatic N) is 4. The van der Waals surface area contributed by atoms with E-state index in [1.807, 2.05) is 0 Å². The van der Waals surface area contributed by atoms with Crippen LogP contribution >= 0.6 is 23.2 Å². The van der Waals surface area contributed by atoms with Gasteiger partial charge in [-0.25, -0.2) is 8.96 Å². The molecule has 1 saturated carbocycles. The number of nitro groups is 1. The van der Waals surface area contributed by atoms with Gasteiger partial charge in [-0.3, -0.25) is 14.9 Å². The third-order valence-corrected chi connectivity index (χ3v) is 9.60. The zero-order chi connectivity index (χ0) is 29.3. The highest BCUT2D eigenvalue weighted by Gasteiger charge is 2.73. The van der Waals surface area contributed by atoms with Gasteiger partial charge in [0.2, 0.25) is 5.91 Å². The number of fused-ring (bicyclic) bond motifs is 3. The van der Waals surface area contributed by atoms with Crippen LogP contribution in [0.1, 0.15) is 54.8 Å². The Morgan fingerprint density at radius 1 is 1.24 bits per heavy atom. The minimum Gasteiger partial charge on any atom is -0.480 e. The van der Waals surface area contributed by atoms with Gasteiger partial charge in [-0.1, -0.05) is 65.6 Å². The van der Waals surface area contributed by atoms with Crippen LogP contribution in [-0.4, -0.2) is 43.0 Å². The summed E-state index contributed by atoms with van der Waals surface area (Å²) in [6, 6.07) is 8.11. The van der Waals surface area contributed by atoms with E-state index in [2.05, 4.69) is 10.3 Å². The number of hydrogen-bond donors (Lipinski definition) is 2. The van der Waals surface area contributed by atoms with Crippen molar-refractivity contribution in [3.05, 3.63) is 85.4 Å². The van der Waals surface area contributed by atoms with Crippen molar-refractivity contribution in [1.82, 2.24) is 14.9 Å². The number of halogens is 3. The minimum atomic E-state index is -1.54. The molecule has 41 heavy (non-hydrogen) atoms. The third-order valence-electron chi connectivity index (χ3n) is 9.08. The Kier molecular flexibility index (Phi) is 6.59. The predicted molar refractivity (Wildman–Crippen MR) is 149 cm³/mol. The van der Waals surface area contributed by atoms with Gasteiger partial charge in [0.1, 0.15) is 29.2 Å². The molecule has 0 radical (unpaired) electrons. The molecular formula is C28H26Cl2FN5O5. The summed E-state index contributed by atoms with van der Waals surface area (Å²) in [5.41, 5.74) is -1.15. The second kappa shape index (κ2) is 9.78. The molecule has 1 aliphatic carbocycles. The van der Waals surface area contributed by atoms with Crippen LogP contribution in [-0.2, 0) is 28.6 Å². The summed E-state index contributed by atoms with van der Waals surface area (Å²) in [5.74, 6) is -3.95. The number of carbonyl (C=O) groups excluding carboxylic acids is 1. The van der Waals surface area contributed by atoms with Gasteiger partial charge < -0.3 is 20.1 Å². The number of rotatable bonds is 5. The van der Waals surface area contributed by atoms with Crippen LogP contribution in [0.15, 0.2) is 42.6 Å². The number of amides is 1. The molecule has 13 heteroatoms. The molecule has 3 aliphatic rings. The highest BCUT2D eigenvalue weighted by Crippen LogP contribution is 2.64. The van der Waals surface area contributed by atoms with Crippen molar-refractivity contribution >= 4 is 46.7 Å². The highest BCUT2D eigenvalue weighted by molar-refractivity contribution is 6.31. The number of carboxylic acid groups (broad SMARTS) is 1. The molecule has 2 fully saturated rings. The maximum atomic E-state index is 15.9. The zero-order valence-corrected chi connectivity index (χ0v) is 23.5. The van der Waals surface area contributed by atoms with Crippen LogP contribution in [0.4, 0.5) is 16.0 Å². The largest absolute Gasteiger partial charge is 0.480 e. The topological polar surface area (TPSA) is 131 Å². The molecule has 3 atom stereocenters. The van der Waals surface area contributed by atoms with Gasteiger partial charge >= 0.3 is 11.9 Å². The minimum absolute atomic E-state index is 0.0344. The van der Waals surface area contributed by atoms with Gasteiger partial charge in [0, 0.05) is 16.5 Å². The van der Waals surface area contributed by atoms with Crippen molar-refractivity contribution in [1.29, 1.82) is 0 Å². The molecule has 2 aromatic carbocycles. The number of hydrogen-bond acceptors (Lipinski definition) is 6. The Labute approximate surface area is 244 Å². The molecule has 3 heterocycles. The van der Waals surface area contributed by atoms with Crippen LogP contribution in [0.25, 0.3) is 0 Å². The Balaban J connectivity index is 1.63. The fraction of sp³-hybridized carbons (Fsp3) is 0.393. The molecule has 0 unspecified atom stereocenters. The maximum absolute atomic E-state index is 15.9. The number of imidazole rings is 1. The van der Waals surface area contributed by atoms with E-state index in [0.29, 0.717) is 34.8 Å². The average molecular weight is 602 g/mol. The first-order valence-corrected chi connectivity index (χ1v) is 14.0. The molecule has 3 aromatic rings. The fourth-order valence-electron chi connectivity index (χ4n) is 7.45. The van der Waals surface area contributed by atoms with Crippen LogP contribution < -0.4 is 10.2 Å². The summed E-state index contributed by atoms with van der Waals surface area (Å²) in [5, 5.41) is 25.5. The second-order valence-corrected chi connectivity index (χ2v) is 11.8. The van der Waals surface area contributed by atoms with Gasteiger partial charge in [0.15, 0.2) is 0 Å². The fourth-order valence-corrected chi connectivity index (χ4v) is 7.79. The van der Waals surface area contributed by atoms with E-state index in [1.54, 1.807) is 24.3 Å². The lowest BCUT2D eigenvalue weighted by Crippen LogP contribution is -2.61. The molecule has 6 rings (SSSR count). The molecule has 2 N–H and O–H groups in total. The molecule has 2 aliphatic heterocycles. The Morgan fingerprint density at radius 3 is 2.63 bits per heavy atom. The Bertz CT molecular complexity index is 1610. The summed E-state index contributed by atoms with van der Waals surface area (Å²) < 4.78 is 17.1. The van der Waals surface area contributed by atoms with Gasteiger partial charge in [-0.15, -0.1) is 0 Å². The monoisotopic (exact) mass is 601 g/mol. The van der Waals surface area contributed by atoms with Crippen LogP contribution in [0.2, 0.25) is 10.0 Å². The summed E-state index contributed by atoms with van der Waals surface area (Å²) in [7, 11) is 1.49. The number of carboxylic acids is 1. The smallest absolute Gasteiger partial charge is 0.434 e. The molecule has 2 spiro atoms. The number of nitrogens with one attached hydrogen (secondary N) is 1. The predicted octanol–water partition coefficient (Wildman–Crippen LogP) is 5.10. The molecule has 1 saturated heterocycles. The number of carbonyl (C=O) groups is 2. The number of aliphatic carboxylic acids is 1.